The van der Waals surface area contributed by atoms with Crippen LogP contribution in [0.1, 0.15) is 12.6 Å². The fraction of sp³-hybridized carbons (Fsp3) is 0.273. The van der Waals surface area contributed by atoms with E-state index in [2.05, 4.69) is 10.3 Å². The Balaban J connectivity index is 2.34. The van der Waals surface area contributed by atoms with E-state index in [1.165, 1.54) is 11.3 Å². The first kappa shape index (κ1) is 13.0. The Kier molecular flexibility index (Phi) is 3.43. The molecular formula is C11H12N4O4. The first-order valence-corrected chi connectivity index (χ1v) is 5.57. The van der Waals surface area contributed by atoms with Gasteiger partial charge in [-0.05, 0) is 17.9 Å². The van der Waals surface area contributed by atoms with Crippen LogP contribution < -0.4 is 5.32 Å². The van der Waals surface area contributed by atoms with Crippen LogP contribution in [-0.2, 0) is 11.3 Å². The molecule has 0 bridgehead atoms. The normalized spacial score (nSPS) is 12.5. The first-order chi connectivity index (χ1) is 9.00. The smallest absolute Gasteiger partial charge is 0.352 e. The fourth-order valence-corrected chi connectivity index (χ4v) is 1.68. The Morgan fingerprint density at radius 2 is 2.37 bits per heavy atom. The predicted octanol–water partition coefficient (Wildman–Crippen LogP) is 0.805. The van der Waals surface area contributed by atoms with E-state index in [1.807, 2.05) is 0 Å². The van der Waals surface area contributed by atoms with Crippen molar-refractivity contribution in [3.05, 3.63) is 40.2 Å². The highest BCUT2D eigenvalue weighted by Crippen LogP contribution is 2.20. The molecule has 0 saturated heterocycles. The maximum absolute atomic E-state index is 11.1. The second-order valence-electron chi connectivity index (χ2n) is 4.01. The molecule has 1 atom stereocenters. The summed E-state index contributed by atoms with van der Waals surface area (Å²) in [5, 5.41) is 22.5. The van der Waals surface area contributed by atoms with Crippen molar-refractivity contribution in [2.45, 2.75) is 19.5 Å². The van der Waals surface area contributed by atoms with E-state index in [9.17, 15) is 14.9 Å². The van der Waals surface area contributed by atoms with Crippen LogP contribution >= 0.6 is 0 Å². The lowest BCUT2D eigenvalue weighted by atomic mass is 10.3. The molecule has 19 heavy (non-hydrogen) atoms. The van der Waals surface area contributed by atoms with Gasteiger partial charge in [0.05, 0.1) is 6.20 Å². The summed E-state index contributed by atoms with van der Waals surface area (Å²) in [6.07, 6.45) is 1.55. The average Bonchev–Trinajstić information content (AvgIpc) is 2.73. The molecule has 100 valence electrons. The number of aromatic nitrogens is 2. The minimum atomic E-state index is -1.02. The number of nitrogens with zero attached hydrogens (tertiary/aromatic N) is 3. The largest absolute Gasteiger partial charge is 0.480 e. The summed E-state index contributed by atoms with van der Waals surface area (Å²) in [5.41, 5.74) is 0.665. The van der Waals surface area contributed by atoms with Gasteiger partial charge in [-0.15, -0.1) is 0 Å². The van der Waals surface area contributed by atoms with Crippen molar-refractivity contribution >= 4 is 17.4 Å². The number of imidazole rings is 1. The first-order valence-electron chi connectivity index (χ1n) is 5.57. The molecule has 2 N–H and O–H groups in total. The van der Waals surface area contributed by atoms with Crippen molar-refractivity contribution < 1.29 is 14.8 Å². The zero-order chi connectivity index (χ0) is 14.0. The van der Waals surface area contributed by atoms with Crippen molar-refractivity contribution in [3.8, 4) is 0 Å². The molecular weight excluding hydrogens is 252 g/mol. The van der Waals surface area contributed by atoms with E-state index in [-0.39, 0.29) is 18.1 Å². The van der Waals surface area contributed by atoms with Crippen molar-refractivity contribution in [1.29, 1.82) is 0 Å². The number of nitro groups is 1. The quantitative estimate of drug-likeness (QED) is 0.610. The molecule has 2 aromatic rings. The number of rotatable bonds is 5. The molecule has 2 aromatic heterocycles. The predicted molar refractivity (Wildman–Crippen MR) is 65.8 cm³/mol. The lowest BCUT2D eigenvalue weighted by molar-refractivity contribution is -0.391. The van der Waals surface area contributed by atoms with Gasteiger partial charge in [-0.1, -0.05) is 6.07 Å². The van der Waals surface area contributed by atoms with E-state index in [1.54, 1.807) is 24.4 Å². The van der Waals surface area contributed by atoms with Crippen LogP contribution in [0.2, 0.25) is 0 Å². The third kappa shape index (κ3) is 2.52. The zero-order valence-corrected chi connectivity index (χ0v) is 10.1. The molecule has 0 saturated carbocycles. The fourth-order valence-electron chi connectivity index (χ4n) is 1.68. The van der Waals surface area contributed by atoms with Crippen molar-refractivity contribution in [1.82, 2.24) is 14.7 Å². The van der Waals surface area contributed by atoms with Crippen molar-refractivity contribution in [3.63, 3.8) is 0 Å². The van der Waals surface area contributed by atoms with Crippen LogP contribution in [0.15, 0.2) is 24.4 Å². The van der Waals surface area contributed by atoms with Crippen molar-refractivity contribution in [2.24, 2.45) is 0 Å². The van der Waals surface area contributed by atoms with Gasteiger partial charge in [0, 0.05) is 12.6 Å². The molecule has 0 radical (unpaired) electrons. The van der Waals surface area contributed by atoms with Gasteiger partial charge in [0.2, 0.25) is 5.65 Å². The summed E-state index contributed by atoms with van der Waals surface area (Å²) in [5.74, 6) is -1.17. The van der Waals surface area contributed by atoms with Gasteiger partial charge < -0.3 is 15.2 Å². The molecule has 2 heterocycles. The van der Waals surface area contributed by atoms with Crippen LogP contribution in [0.4, 0.5) is 5.82 Å². The third-order valence-electron chi connectivity index (χ3n) is 2.69. The maximum Gasteiger partial charge on any atom is 0.352 e. The Labute approximate surface area is 107 Å². The Morgan fingerprint density at radius 1 is 1.63 bits per heavy atom. The second-order valence-corrected chi connectivity index (χ2v) is 4.01. The summed E-state index contributed by atoms with van der Waals surface area (Å²) in [6.45, 7) is 1.48. The van der Waals surface area contributed by atoms with Crippen LogP contribution in [0, 0.1) is 10.1 Å². The van der Waals surface area contributed by atoms with Gasteiger partial charge in [0.1, 0.15) is 6.04 Å². The van der Waals surface area contributed by atoms with Crippen molar-refractivity contribution in [2.75, 3.05) is 0 Å². The number of hydrogen-bond donors (Lipinski definition) is 2. The topological polar surface area (TPSA) is 110 Å². The van der Waals surface area contributed by atoms with E-state index in [0.29, 0.717) is 5.65 Å². The molecule has 0 aliphatic carbocycles. The van der Waals surface area contributed by atoms with Crippen LogP contribution in [0.3, 0.4) is 0 Å². The molecule has 2 rings (SSSR count). The zero-order valence-electron chi connectivity index (χ0n) is 10.1. The number of hydrogen-bond acceptors (Lipinski definition) is 5. The van der Waals surface area contributed by atoms with Gasteiger partial charge in [-0.3, -0.25) is 10.1 Å². The highest BCUT2D eigenvalue weighted by Gasteiger charge is 2.22. The maximum atomic E-state index is 11.1. The van der Waals surface area contributed by atoms with E-state index >= 15 is 0 Å². The minimum absolute atomic E-state index is 0.0193. The number of fused-ring (bicyclic) bond motifs is 1. The molecule has 0 spiro atoms. The van der Waals surface area contributed by atoms with Gasteiger partial charge in [0.25, 0.3) is 0 Å². The monoisotopic (exact) mass is 264 g/mol. The Morgan fingerprint density at radius 3 is 3.00 bits per heavy atom. The number of carboxylic acids is 1. The van der Waals surface area contributed by atoms with E-state index < -0.39 is 16.9 Å². The number of aliphatic carboxylic acids is 1. The minimum Gasteiger partial charge on any atom is -0.480 e. The summed E-state index contributed by atoms with van der Waals surface area (Å²) in [6, 6.07) is 4.24. The van der Waals surface area contributed by atoms with Gasteiger partial charge in [0.15, 0.2) is 5.69 Å². The lowest BCUT2D eigenvalue weighted by Gasteiger charge is -2.06. The standard InChI is InChI=1S/C11H12N4O4/c1-7(11(16)17)12-6-8-10(15(18)19)14-5-3-2-4-9(14)13-8/h2-5,7,12H,6H2,1H3,(H,16,17)/t7-/m1/s1. The number of carbonyl (C=O) groups is 1. The Hall–Kier alpha value is -2.48. The number of pyridine rings is 1. The third-order valence-corrected chi connectivity index (χ3v) is 2.69. The average molecular weight is 264 g/mol. The van der Waals surface area contributed by atoms with Crippen LogP contribution in [0.5, 0.6) is 0 Å². The van der Waals surface area contributed by atoms with E-state index in [4.69, 9.17) is 5.11 Å². The van der Waals surface area contributed by atoms with Gasteiger partial charge in [-0.2, -0.15) is 4.40 Å². The van der Waals surface area contributed by atoms with Gasteiger partial charge in [-0.25, -0.2) is 4.98 Å². The highest BCUT2D eigenvalue weighted by atomic mass is 16.6. The Bertz CT molecular complexity index is 637. The molecule has 8 heteroatoms. The molecule has 0 aliphatic rings. The summed E-state index contributed by atoms with van der Waals surface area (Å²) in [4.78, 5) is 25.4. The molecule has 0 aromatic carbocycles. The highest BCUT2D eigenvalue weighted by molar-refractivity contribution is 5.72. The molecule has 0 amide bonds. The summed E-state index contributed by atoms with van der Waals surface area (Å²) >= 11 is 0. The number of carboxylic acid groups (broad SMARTS) is 1. The lowest BCUT2D eigenvalue weighted by Crippen LogP contribution is -2.33. The molecule has 0 fully saturated rings. The summed E-state index contributed by atoms with van der Waals surface area (Å²) in [7, 11) is 0. The van der Waals surface area contributed by atoms with Crippen LogP contribution in [0.25, 0.3) is 5.65 Å². The second kappa shape index (κ2) is 5.02. The van der Waals surface area contributed by atoms with Gasteiger partial charge >= 0.3 is 11.8 Å². The number of nitrogens with one attached hydrogen (secondary N) is 1. The molecule has 0 unspecified atom stereocenters. The van der Waals surface area contributed by atoms with Crippen LogP contribution in [-0.4, -0.2) is 31.4 Å². The molecule has 0 aliphatic heterocycles. The molecule has 8 nitrogen and oxygen atoms in total. The SMILES string of the molecule is C[C@@H](NCc1nc2ccccn2c1[N+](=O)[O-])C(=O)O. The summed E-state index contributed by atoms with van der Waals surface area (Å²) < 4.78 is 1.36. The van der Waals surface area contributed by atoms with E-state index in [0.717, 1.165) is 0 Å².